The molecule has 0 bridgehead atoms. The van der Waals surface area contributed by atoms with Gasteiger partial charge in [0.15, 0.2) is 0 Å². The molecule has 0 radical (unpaired) electrons. The summed E-state index contributed by atoms with van der Waals surface area (Å²) in [4.78, 5) is 0. The lowest BCUT2D eigenvalue weighted by Crippen LogP contribution is -2.05. The van der Waals surface area contributed by atoms with Crippen molar-refractivity contribution in [1.29, 1.82) is 0 Å². The summed E-state index contributed by atoms with van der Waals surface area (Å²) in [6.45, 7) is 3.84. The van der Waals surface area contributed by atoms with Gasteiger partial charge in [-0.1, -0.05) is 19.9 Å². The van der Waals surface area contributed by atoms with Gasteiger partial charge in [-0.3, -0.25) is 0 Å². The zero-order valence-electron chi connectivity index (χ0n) is 8.93. The first-order valence-corrected chi connectivity index (χ1v) is 4.98. The molecule has 0 saturated heterocycles. The second kappa shape index (κ2) is 3.54. The lowest BCUT2D eigenvalue weighted by molar-refractivity contribution is -0.136. The molecule has 1 heterocycles. The predicted molar refractivity (Wildman–Crippen MR) is 55.3 cm³/mol. The van der Waals surface area contributed by atoms with Crippen molar-refractivity contribution in [2.45, 2.75) is 25.9 Å². The fraction of sp³-hybridized carbons (Fsp3) is 0.333. The summed E-state index contributed by atoms with van der Waals surface area (Å²) in [5.74, 6) is 0.135. The molecule has 0 aliphatic rings. The van der Waals surface area contributed by atoms with Gasteiger partial charge in [-0.15, -0.1) is 0 Å². The number of hydrogen-bond acceptors (Lipinski definition) is 1. The molecule has 0 unspecified atom stereocenters. The highest BCUT2D eigenvalue weighted by Crippen LogP contribution is 2.37. The molecule has 2 aromatic rings. The largest absolute Gasteiger partial charge is 0.464 e. The fourth-order valence-electron chi connectivity index (χ4n) is 1.79. The Kier molecular flexibility index (Phi) is 2.45. The van der Waals surface area contributed by atoms with E-state index in [1.54, 1.807) is 0 Å². The number of fused-ring (bicyclic) bond motifs is 1. The Morgan fingerprint density at radius 2 is 1.81 bits per heavy atom. The second-order valence-electron chi connectivity index (χ2n) is 4.02. The summed E-state index contributed by atoms with van der Waals surface area (Å²) in [6, 6.07) is 3.97. The van der Waals surface area contributed by atoms with Crippen LogP contribution in [0, 0.1) is 0 Å². The third-order valence-electron chi connectivity index (χ3n) is 2.57. The monoisotopic (exact) mass is 228 g/mol. The fourth-order valence-corrected chi connectivity index (χ4v) is 1.79. The standard InChI is InChI=1S/C12H11F3O/c1-7(2)8-3-4-10(12(13,14)15)9-5-6-16-11(8)9/h3-7H,1-2H3. The van der Waals surface area contributed by atoms with Crippen LogP contribution in [0.4, 0.5) is 13.2 Å². The third kappa shape index (κ3) is 1.68. The lowest BCUT2D eigenvalue weighted by atomic mass is 9.98. The molecule has 0 saturated carbocycles. The Labute approximate surface area is 90.9 Å². The van der Waals surface area contributed by atoms with Gasteiger partial charge < -0.3 is 4.42 Å². The summed E-state index contributed by atoms with van der Waals surface area (Å²) in [5.41, 5.74) is 0.499. The van der Waals surface area contributed by atoms with E-state index in [4.69, 9.17) is 4.42 Å². The maximum absolute atomic E-state index is 12.7. The van der Waals surface area contributed by atoms with Gasteiger partial charge in [-0.2, -0.15) is 13.2 Å². The van der Waals surface area contributed by atoms with Gasteiger partial charge in [0.05, 0.1) is 11.8 Å². The zero-order chi connectivity index (χ0) is 11.9. The van der Waals surface area contributed by atoms with Crippen LogP contribution < -0.4 is 0 Å². The third-order valence-corrected chi connectivity index (χ3v) is 2.57. The normalized spacial score (nSPS) is 12.6. The van der Waals surface area contributed by atoms with Crippen molar-refractivity contribution < 1.29 is 17.6 Å². The van der Waals surface area contributed by atoms with Crippen LogP contribution in [0.3, 0.4) is 0 Å². The van der Waals surface area contributed by atoms with Gasteiger partial charge in [0, 0.05) is 5.39 Å². The minimum atomic E-state index is -4.34. The average molecular weight is 228 g/mol. The molecule has 2 rings (SSSR count). The number of benzene rings is 1. The molecule has 0 aliphatic carbocycles. The Hall–Kier alpha value is -1.45. The van der Waals surface area contributed by atoms with Crippen LogP contribution in [0.5, 0.6) is 0 Å². The maximum Gasteiger partial charge on any atom is 0.417 e. The quantitative estimate of drug-likeness (QED) is 0.696. The van der Waals surface area contributed by atoms with Gasteiger partial charge >= 0.3 is 6.18 Å². The second-order valence-corrected chi connectivity index (χ2v) is 4.02. The summed E-state index contributed by atoms with van der Waals surface area (Å²) >= 11 is 0. The lowest BCUT2D eigenvalue weighted by Gasteiger charge is -2.11. The summed E-state index contributed by atoms with van der Waals surface area (Å²) in [7, 11) is 0. The number of halogens is 3. The molecule has 0 aliphatic heterocycles. The van der Waals surface area contributed by atoms with Crippen LogP contribution in [0.1, 0.15) is 30.9 Å². The van der Waals surface area contributed by atoms with E-state index >= 15 is 0 Å². The van der Waals surface area contributed by atoms with Crippen LogP contribution in [0.2, 0.25) is 0 Å². The van der Waals surface area contributed by atoms with E-state index < -0.39 is 11.7 Å². The Morgan fingerprint density at radius 3 is 2.38 bits per heavy atom. The van der Waals surface area contributed by atoms with Crippen LogP contribution in [-0.4, -0.2) is 0 Å². The van der Waals surface area contributed by atoms with Crippen molar-refractivity contribution >= 4 is 11.0 Å². The molecular formula is C12H11F3O. The van der Waals surface area contributed by atoms with Crippen molar-refractivity contribution in [2.24, 2.45) is 0 Å². The molecule has 4 heteroatoms. The van der Waals surface area contributed by atoms with Crippen LogP contribution >= 0.6 is 0 Å². The van der Waals surface area contributed by atoms with Crippen molar-refractivity contribution in [3.8, 4) is 0 Å². The molecule has 86 valence electrons. The van der Waals surface area contributed by atoms with E-state index in [0.29, 0.717) is 5.58 Å². The highest BCUT2D eigenvalue weighted by molar-refractivity contribution is 5.84. The van der Waals surface area contributed by atoms with E-state index in [1.807, 2.05) is 13.8 Å². The molecule has 0 amide bonds. The zero-order valence-corrected chi connectivity index (χ0v) is 8.93. The first kappa shape index (κ1) is 11.0. The SMILES string of the molecule is CC(C)c1ccc(C(F)(F)F)c2ccoc12. The first-order chi connectivity index (χ1) is 7.41. The van der Waals surface area contributed by atoms with E-state index in [2.05, 4.69) is 0 Å². The molecule has 0 atom stereocenters. The number of alkyl halides is 3. The summed E-state index contributed by atoms with van der Waals surface area (Å²) in [6.07, 6.45) is -3.04. The van der Waals surface area contributed by atoms with Crippen molar-refractivity contribution in [3.63, 3.8) is 0 Å². The number of hydrogen-bond donors (Lipinski definition) is 0. The van der Waals surface area contributed by atoms with Crippen molar-refractivity contribution in [2.75, 3.05) is 0 Å². The van der Waals surface area contributed by atoms with Crippen LogP contribution in [-0.2, 0) is 6.18 Å². The van der Waals surface area contributed by atoms with Gasteiger partial charge in [-0.05, 0) is 23.6 Å². The molecule has 1 aromatic carbocycles. The molecule has 0 spiro atoms. The van der Waals surface area contributed by atoms with Gasteiger partial charge in [-0.25, -0.2) is 0 Å². The molecular weight excluding hydrogens is 217 g/mol. The van der Waals surface area contributed by atoms with Gasteiger partial charge in [0.25, 0.3) is 0 Å². The van der Waals surface area contributed by atoms with E-state index in [9.17, 15) is 13.2 Å². The van der Waals surface area contributed by atoms with Crippen molar-refractivity contribution in [1.82, 2.24) is 0 Å². The minimum Gasteiger partial charge on any atom is -0.464 e. The highest BCUT2D eigenvalue weighted by atomic mass is 19.4. The predicted octanol–water partition coefficient (Wildman–Crippen LogP) is 4.58. The molecule has 1 aromatic heterocycles. The van der Waals surface area contributed by atoms with Crippen LogP contribution in [0.15, 0.2) is 28.9 Å². The molecule has 1 nitrogen and oxygen atoms in total. The number of rotatable bonds is 1. The molecule has 0 N–H and O–H groups in total. The molecule has 16 heavy (non-hydrogen) atoms. The van der Waals surface area contributed by atoms with E-state index in [-0.39, 0.29) is 11.3 Å². The highest BCUT2D eigenvalue weighted by Gasteiger charge is 2.33. The van der Waals surface area contributed by atoms with Crippen LogP contribution in [0.25, 0.3) is 11.0 Å². The Morgan fingerprint density at radius 1 is 1.12 bits per heavy atom. The number of furan rings is 1. The van der Waals surface area contributed by atoms with Gasteiger partial charge in [0.1, 0.15) is 5.58 Å². The van der Waals surface area contributed by atoms with Crippen molar-refractivity contribution in [3.05, 3.63) is 35.6 Å². The van der Waals surface area contributed by atoms with E-state index in [1.165, 1.54) is 18.4 Å². The maximum atomic E-state index is 12.7. The Bertz CT molecular complexity index is 508. The van der Waals surface area contributed by atoms with E-state index in [0.717, 1.165) is 11.6 Å². The average Bonchev–Trinajstić information content (AvgIpc) is 2.61. The Balaban J connectivity index is 2.74. The smallest absolute Gasteiger partial charge is 0.417 e. The van der Waals surface area contributed by atoms with Gasteiger partial charge in [0.2, 0.25) is 0 Å². The summed E-state index contributed by atoms with van der Waals surface area (Å²) < 4.78 is 43.2. The first-order valence-electron chi connectivity index (χ1n) is 4.98. The summed E-state index contributed by atoms with van der Waals surface area (Å²) in [5, 5.41) is 0.138. The molecule has 0 fully saturated rings. The minimum absolute atomic E-state index is 0.135. The topological polar surface area (TPSA) is 13.1 Å².